The number of carbonyl (C=O) groups is 1. The predicted octanol–water partition coefficient (Wildman–Crippen LogP) is 3.62. The van der Waals surface area contributed by atoms with Crippen molar-refractivity contribution in [3.05, 3.63) is 65.2 Å². The molecule has 1 amide bonds. The third-order valence-electron chi connectivity index (χ3n) is 7.52. The number of aromatic hydroxyl groups is 1. The van der Waals surface area contributed by atoms with E-state index in [1.54, 1.807) is 21.6 Å². The Kier molecular flexibility index (Phi) is 6.65. The van der Waals surface area contributed by atoms with E-state index >= 15 is 0 Å². The number of carbonyl (C=O) groups excluding carboxylic acids is 1. The van der Waals surface area contributed by atoms with Crippen molar-refractivity contribution >= 4 is 22.5 Å². The van der Waals surface area contributed by atoms with Gasteiger partial charge in [0, 0.05) is 48.7 Å². The van der Waals surface area contributed by atoms with Gasteiger partial charge in [-0.05, 0) is 58.3 Å². The van der Waals surface area contributed by atoms with Crippen molar-refractivity contribution in [2.75, 3.05) is 45.2 Å². The van der Waals surface area contributed by atoms with Crippen molar-refractivity contribution in [3.63, 3.8) is 0 Å². The monoisotopic (exact) mass is 520 g/mol. The number of aromatic nitrogens is 1. The van der Waals surface area contributed by atoms with Crippen LogP contribution in [0.2, 0.25) is 0 Å². The Hall–Kier alpha value is -3.85. The molecule has 2 aliphatic heterocycles. The molecule has 1 saturated heterocycles. The highest BCUT2D eigenvalue weighted by molar-refractivity contribution is 6.01. The maximum atomic E-state index is 15.0. The summed E-state index contributed by atoms with van der Waals surface area (Å²) < 4.78 is 23.0. The van der Waals surface area contributed by atoms with Crippen LogP contribution in [0, 0.1) is 5.82 Å². The first-order chi connectivity index (χ1) is 18.1. The highest BCUT2D eigenvalue weighted by Gasteiger charge is 2.35. The van der Waals surface area contributed by atoms with Crippen LogP contribution in [-0.4, -0.2) is 77.8 Å². The van der Waals surface area contributed by atoms with Crippen LogP contribution in [0.1, 0.15) is 19.9 Å². The summed E-state index contributed by atoms with van der Waals surface area (Å²) in [5, 5.41) is 11.3. The molecule has 9 heteroatoms. The Morgan fingerprint density at radius 3 is 2.66 bits per heavy atom. The molecule has 1 aromatic heterocycles. The maximum absolute atomic E-state index is 15.0. The molecule has 3 atom stereocenters. The van der Waals surface area contributed by atoms with Crippen molar-refractivity contribution in [1.29, 1.82) is 0 Å². The van der Waals surface area contributed by atoms with E-state index in [4.69, 9.17) is 4.74 Å². The Morgan fingerprint density at radius 2 is 1.97 bits per heavy atom. The van der Waals surface area contributed by atoms with Crippen LogP contribution in [0.3, 0.4) is 0 Å². The fourth-order valence-electron chi connectivity index (χ4n) is 5.81. The average Bonchev–Trinajstić information content (AvgIpc) is 2.87. The number of hydrogen-bond donors (Lipinski definition) is 1. The molecule has 200 valence electrons. The molecule has 0 bridgehead atoms. The van der Waals surface area contributed by atoms with Crippen LogP contribution in [0.25, 0.3) is 22.0 Å². The number of hydrogen-bond acceptors (Lipinski definition) is 6. The predicted molar refractivity (Wildman–Crippen MR) is 147 cm³/mol. The van der Waals surface area contributed by atoms with E-state index in [1.807, 2.05) is 38.9 Å². The van der Waals surface area contributed by atoms with Crippen molar-refractivity contribution in [2.24, 2.45) is 0 Å². The van der Waals surface area contributed by atoms with Gasteiger partial charge in [0.15, 0.2) is 5.75 Å². The minimum absolute atomic E-state index is 0.0402. The van der Waals surface area contributed by atoms with Crippen molar-refractivity contribution in [1.82, 2.24) is 14.4 Å². The van der Waals surface area contributed by atoms with Gasteiger partial charge in [0.05, 0.1) is 22.8 Å². The fraction of sp³-hybridized carbons (Fsp3) is 0.379. The molecular weight excluding hydrogens is 487 g/mol. The lowest BCUT2D eigenvalue weighted by Crippen LogP contribution is -2.58. The van der Waals surface area contributed by atoms with E-state index in [-0.39, 0.29) is 47.5 Å². The molecule has 0 aliphatic carbocycles. The third-order valence-corrected chi connectivity index (χ3v) is 7.52. The second-order valence-corrected chi connectivity index (χ2v) is 10.5. The number of likely N-dealkylation sites (N-methyl/N-ethyl adjacent to an activating group) is 1. The van der Waals surface area contributed by atoms with Crippen molar-refractivity contribution in [2.45, 2.75) is 32.0 Å². The number of nitrogens with zero attached hydrogens (tertiary/aromatic N) is 4. The molecule has 3 heterocycles. The van der Waals surface area contributed by atoms with E-state index in [1.165, 1.54) is 24.3 Å². The molecule has 38 heavy (non-hydrogen) atoms. The lowest BCUT2D eigenvalue weighted by molar-refractivity contribution is -0.128. The molecule has 5 rings (SSSR count). The number of amides is 1. The largest absolute Gasteiger partial charge is 0.507 e. The van der Waals surface area contributed by atoms with Crippen LogP contribution in [0.5, 0.6) is 11.5 Å². The highest BCUT2D eigenvalue weighted by Crippen LogP contribution is 2.46. The minimum atomic E-state index is -0.574. The molecule has 0 unspecified atom stereocenters. The highest BCUT2D eigenvalue weighted by atomic mass is 19.1. The molecule has 2 aliphatic rings. The van der Waals surface area contributed by atoms with Gasteiger partial charge in [0.2, 0.25) is 5.91 Å². The van der Waals surface area contributed by atoms with Gasteiger partial charge in [-0.1, -0.05) is 12.6 Å². The van der Waals surface area contributed by atoms with E-state index in [0.29, 0.717) is 36.5 Å². The second-order valence-electron chi connectivity index (χ2n) is 10.5. The number of phenols is 1. The van der Waals surface area contributed by atoms with Crippen molar-refractivity contribution < 1.29 is 19.0 Å². The number of phenolic OH excluding ortho intramolecular Hbond substituents is 1. The number of pyridine rings is 1. The number of piperazine rings is 1. The average molecular weight is 521 g/mol. The van der Waals surface area contributed by atoms with Crippen LogP contribution < -0.4 is 15.2 Å². The summed E-state index contributed by atoms with van der Waals surface area (Å²) in [5.41, 5.74) is 1.58. The lowest BCUT2D eigenvalue weighted by Gasteiger charge is -2.45. The topological polar surface area (TPSA) is 78.2 Å². The number of halogens is 1. The van der Waals surface area contributed by atoms with Gasteiger partial charge in [-0.25, -0.2) is 4.39 Å². The molecule has 0 spiro atoms. The maximum Gasteiger partial charge on any atom is 0.253 e. The van der Waals surface area contributed by atoms with Crippen LogP contribution in [0.4, 0.5) is 10.1 Å². The lowest BCUT2D eigenvalue weighted by atomic mass is 9.97. The van der Waals surface area contributed by atoms with Crippen LogP contribution >= 0.6 is 0 Å². The number of rotatable bonds is 5. The van der Waals surface area contributed by atoms with Gasteiger partial charge >= 0.3 is 0 Å². The number of ether oxygens (including phenoxy) is 1. The molecule has 1 fully saturated rings. The summed E-state index contributed by atoms with van der Waals surface area (Å²) in [5.74, 6) is -0.515. The summed E-state index contributed by atoms with van der Waals surface area (Å²) in [6, 6.07) is 9.05. The quantitative estimate of drug-likeness (QED) is 0.518. The van der Waals surface area contributed by atoms with Gasteiger partial charge in [0.25, 0.3) is 5.56 Å². The molecule has 3 aromatic rings. The second kappa shape index (κ2) is 9.79. The molecule has 1 N–H and O–H groups in total. The first-order valence-corrected chi connectivity index (χ1v) is 12.8. The van der Waals surface area contributed by atoms with E-state index in [2.05, 4.69) is 11.5 Å². The SMILES string of the molecule is C=CC(=O)N1C[C@H](C)N(c2cc(=O)n3c4c(c(-c5c(O)cccc5F)ccc24)OC[C@H]3CN(C)C)C[C@H]1C. The first-order valence-electron chi connectivity index (χ1n) is 12.8. The van der Waals surface area contributed by atoms with E-state index in [0.717, 1.165) is 11.1 Å². The Balaban J connectivity index is 1.74. The third kappa shape index (κ3) is 4.20. The Labute approximate surface area is 221 Å². The Bertz CT molecular complexity index is 1460. The van der Waals surface area contributed by atoms with Gasteiger partial charge in [-0.2, -0.15) is 0 Å². The minimum Gasteiger partial charge on any atom is -0.507 e. The summed E-state index contributed by atoms with van der Waals surface area (Å²) in [4.78, 5) is 32.1. The molecule has 2 aromatic carbocycles. The van der Waals surface area contributed by atoms with Gasteiger partial charge < -0.3 is 24.5 Å². The molecule has 0 saturated carbocycles. The zero-order chi connectivity index (χ0) is 27.3. The normalized spacial score (nSPS) is 21.1. The van der Waals surface area contributed by atoms with E-state index < -0.39 is 5.82 Å². The van der Waals surface area contributed by atoms with Crippen LogP contribution in [-0.2, 0) is 4.79 Å². The number of benzene rings is 2. The van der Waals surface area contributed by atoms with Gasteiger partial charge in [0.1, 0.15) is 18.2 Å². The summed E-state index contributed by atoms with van der Waals surface area (Å²) in [6.07, 6.45) is 1.33. The van der Waals surface area contributed by atoms with Crippen LogP contribution in [0.15, 0.2) is 53.8 Å². The zero-order valence-electron chi connectivity index (χ0n) is 22.1. The fourth-order valence-corrected chi connectivity index (χ4v) is 5.81. The molecular formula is C29H33FN4O4. The standard InChI is InChI=1S/C29H33FN4O4/c1-6-25(36)33-14-17(2)32(13-18(33)3)23-12-26(37)34-19(15-31(4)5)16-38-29-21(11-10-20(23)28(29)34)27-22(30)8-7-9-24(27)35/h6-12,17-19,35H,1,13-16H2,2-5H3/t17-,18+,19+/m0/s1. The van der Waals surface area contributed by atoms with E-state index in [9.17, 15) is 19.1 Å². The Morgan fingerprint density at radius 1 is 1.21 bits per heavy atom. The van der Waals surface area contributed by atoms with Gasteiger partial charge in [-0.3, -0.25) is 14.2 Å². The first kappa shape index (κ1) is 25.8. The summed E-state index contributed by atoms with van der Waals surface area (Å²) >= 11 is 0. The molecule has 0 radical (unpaired) electrons. The van der Waals surface area contributed by atoms with Gasteiger partial charge in [-0.15, -0.1) is 0 Å². The summed E-state index contributed by atoms with van der Waals surface area (Å²) in [7, 11) is 3.88. The van der Waals surface area contributed by atoms with Crippen molar-refractivity contribution in [3.8, 4) is 22.6 Å². The number of anilines is 1. The zero-order valence-corrected chi connectivity index (χ0v) is 22.1. The summed E-state index contributed by atoms with van der Waals surface area (Å²) in [6.45, 7) is 9.47. The molecule has 8 nitrogen and oxygen atoms in total. The smallest absolute Gasteiger partial charge is 0.253 e.